The molecule has 5 nitrogen and oxygen atoms in total. The van der Waals surface area contributed by atoms with Crippen LogP contribution in [0.1, 0.15) is 25.1 Å². The van der Waals surface area contributed by atoms with Crippen molar-refractivity contribution in [1.82, 2.24) is 9.55 Å². The Hall–Kier alpha value is -1.62. The Bertz CT molecular complexity index is 527. The fraction of sp³-hybridized carbons (Fsp3) is 0.455. The number of hydrogen-bond acceptors (Lipinski definition) is 3. The first kappa shape index (κ1) is 10.9. The van der Waals surface area contributed by atoms with Crippen LogP contribution in [0, 0.1) is 6.92 Å². The van der Waals surface area contributed by atoms with E-state index >= 15 is 0 Å². The summed E-state index contributed by atoms with van der Waals surface area (Å²) < 4.78 is 6.99. The molecule has 2 rings (SSSR count). The normalized spacial score (nSPS) is 23.9. The van der Waals surface area contributed by atoms with Crippen LogP contribution in [0.3, 0.4) is 0 Å². The molecular formula is C11H14N2O3. The summed E-state index contributed by atoms with van der Waals surface area (Å²) in [6.45, 7) is 3.67. The van der Waals surface area contributed by atoms with Crippen LogP contribution in [0.15, 0.2) is 27.9 Å². The van der Waals surface area contributed by atoms with Gasteiger partial charge in [0.25, 0.3) is 5.56 Å². The lowest BCUT2D eigenvalue weighted by Gasteiger charge is -2.15. The highest BCUT2D eigenvalue weighted by Crippen LogP contribution is 2.20. The van der Waals surface area contributed by atoms with Gasteiger partial charge in [-0.05, 0) is 19.4 Å². The van der Waals surface area contributed by atoms with Crippen LogP contribution in [-0.2, 0) is 4.74 Å². The molecule has 0 saturated heterocycles. The highest BCUT2D eigenvalue weighted by molar-refractivity contribution is 5.06. The number of aromatic amines is 1. The largest absolute Gasteiger partial charge is 0.347 e. The Morgan fingerprint density at radius 3 is 2.81 bits per heavy atom. The molecule has 0 spiro atoms. The minimum Gasteiger partial charge on any atom is -0.347 e. The van der Waals surface area contributed by atoms with Gasteiger partial charge in [-0.3, -0.25) is 14.3 Å². The lowest BCUT2D eigenvalue weighted by Crippen LogP contribution is -2.33. The molecule has 0 aromatic carbocycles. The fourth-order valence-electron chi connectivity index (χ4n) is 1.65. The van der Waals surface area contributed by atoms with E-state index in [4.69, 9.17) is 4.74 Å². The van der Waals surface area contributed by atoms with Gasteiger partial charge in [-0.15, -0.1) is 0 Å². The van der Waals surface area contributed by atoms with Gasteiger partial charge in [0.05, 0.1) is 6.10 Å². The predicted octanol–water partition coefficient (Wildman–Crippen LogP) is 0.709. The van der Waals surface area contributed by atoms with Crippen molar-refractivity contribution < 1.29 is 4.74 Å². The lowest BCUT2D eigenvalue weighted by atomic mass is 10.3. The van der Waals surface area contributed by atoms with Crippen LogP contribution in [0.5, 0.6) is 0 Å². The quantitative estimate of drug-likeness (QED) is 0.749. The Kier molecular flexibility index (Phi) is 2.78. The van der Waals surface area contributed by atoms with Crippen molar-refractivity contribution in [2.75, 3.05) is 0 Å². The number of aryl methyl sites for hydroxylation is 1. The maximum absolute atomic E-state index is 11.6. The van der Waals surface area contributed by atoms with Crippen molar-refractivity contribution in [3.8, 4) is 0 Å². The first-order chi connectivity index (χ1) is 7.61. The first-order valence-corrected chi connectivity index (χ1v) is 5.27. The van der Waals surface area contributed by atoms with Crippen molar-refractivity contribution in [2.24, 2.45) is 0 Å². The van der Waals surface area contributed by atoms with Crippen LogP contribution in [0.2, 0.25) is 0 Å². The molecule has 2 unspecified atom stereocenters. The number of hydrogen-bond donors (Lipinski definition) is 1. The van der Waals surface area contributed by atoms with Gasteiger partial charge in [0.15, 0.2) is 6.23 Å². The van der Waals surface area contributed by atoms with E-state index in [1.807, 2.05) is 19.1 Å². The summed E-state index contributed by atoms with van der Waals surface area (Å²) in [6.07, 6.45) is 5.78. The van der Waals surface area contributed by atoms with E-state index in [2.05, 4.69) is 4.98 Å². The third-order valence-corrected chi connectivity index (χ3v) is 2.63. The first-order valence-electron chi connectivity index (χ1n) is 5.27. The maximum atomic E-state index is 11.6. The molecule has 0 aliphatic carbocycles. The zero-order valence-electron chi connectivity index (χ0n) is 9.27. The number of nitrogens with one attached hydrogen (secondary N) is 1. The summed E-state index contributed by atoms with van der Waals surface area (Å²) in [5, 5.41) is 0. The summed E-state index contributed by atoms with van der Waals surface area (Å²) in [6, 6.07) is 0. The van der Waals surface area contributed by atoms with Crippen LogP contribution in [-0.4, -0.2) is 15.7 Å². The number of nitrogens with zero attached hydrogens (tertiary/aromatic N) is 1. The maximum Gasteiger partial charge on any atom is 0.330 e. The molecule has 2 heterocycles. The van der Waals surface area contributed by atoms with E-state index in [0.29, 0.717) is 5.56 Å². The van der Waals surface area contributed by atoms with E-state index in [1.54, 1.807) is 6.92 Å². The highest BCUT2D eigenvalue weighted by Gasteiger charge is 2.20. The monoisotopic (exact) mass is 222 g/mol. The van der Waals surface area contributed by atoms with E-state index in [1.165, 1.54) is 10.8 Å². The van der Waals surface area contributed by atoms with Crippen LogP contribution < -0.4 is 11.2 Å². The van der Waals surface area contributed by atoms with E-state index in [0.717, 1.165) is 6.42 Å². The van der Waals surface area contributed by atoms with Crippen molar-refractivity contribution in [3.05, 3.63) is 44.8 Å². The average Bonchev–Trinajstić information content (AvgIpc) is 2.71. The highest BCUT2D eigenvalue weighted by atomic mass is 16.5. The minimum absolute atomic E-state index is 0.0455. The molecule has 0 bridgehead atoms. The summed E-state index contributed by atoms with van der Waals surface area (Å²) in [5.74, 6) is 0. The van der Waals surface area contributed by atoms with Gasteiger partial charge in [-0.25, -0.2) is 4.79 Å². The lowest BCUT2D eigenvalue weighted by molar-refractivity contribution is 0.0139. The third-order valence-electron chi connectivity index (χ3n) is 2.63. The molecule has 0 saturated carbocycles. The number of H-pyrrole nitrogens is 1. The zero-order chi connectivity index (χ0) is 11.7. The molecule has 1 aliphatic rings. The smallest absolute Gasteiger partial charge is 0.330 e. The molecule has 1 N–H and O–H groups in total. The van der Waals surface area contributed by atoms with Crippen molar-refractivity contribution in [1.29, 1.82) is 0 Å². The second-order valence-electron chi connectivity index (χ2n) is 3.84. The fourth-order valence-corrected chi connectivity index (χ4v) is 1.65. The van der Waals surface area contributed by atoms with Gasteiger partial charge in [0.1, 0.15) is 0 Å². The SMILES string of the molecule is CCC1C=CC(n2cc(C)c(=O)[nH]c2=O)O1. The molecule has 0 radical (unpaired) electrons. The topological polar surface area (TPSA) is 64.1 Å². The van der Waals surface area contributed by atoms with Crippen molar-refractivity contribution in [2.45, 2.75) is 32.6 Å². The van der Waals surface area contributed by atoms with Crippen LogP contribution in [0.4, 0.5) is 0 Å². The van der Waals surface area contributed by atoms with Crippen LogP contribution >= 0.6 is 0 Å². The zero-order valence-corrected chi connectivity index (χ0v) is 9.27. The van der Waals surface area contributed by atoms with Crippen LogP contribution in [0.25, 0.3) is 0 Å². The van der Waals surface area contributed by atoms with Gasteiger partial charge >= 0.3 is 5.69 Å². The van der Waals surface area contributed by atoms with Crippen molar-refractivity contribution >= 4 is 0 Å². The summed E-state index contributed by atoms with van der Waals surface area (Å²) in [4.78, 5) is 25.0. The number of rotatable bonds is 2. The summed E-state index contributed by atoms with van der Waals surface area (Å²) in [5.41, 5.74) is -0.297. The summed E-state index contributed by atoms with van der Waals surface area (Å²) >= 11 is 0. The Balaban J connectivity index is 2.36. The third kappa shape index (κ3) is 1.86. The molecule has 5 heteroatoms. The van der Waals surface area contributed by atoms with E-state index < -0.39 is 11.9 Å². The molecule has 1 aliphatic heterocycles. The number of aromatic nitrogens is 2. The summed E-state index contributed by atoms with van der Waals surface area (Å²) in [7, 11) is 0. The predicted molar refractivity (Wildman–Crippen MR) is 59.4 cm³/mol. The molecule has 2 atom stereocenters. The molecule has 0 amide bonds. The standard InChI is InChI=1S/C11H14N2O3/c1-3-8-4-5-9(16-8)13-6-7(2)10(14)12-11(13)15/h4-6,8-9H,3H2,1-2H3,(H,12,14,15). The van der Waals surface area contributed by atoms with Gasteiger partial charge in [-0.2, -0.15) is 0 Å². The molecule has 16 heavy (non-hydrogen) atoms. The molecular weight excluding hydrogens is 208 g/mol. The number of ether oxygens (including phenoxy) is 1. The molecule has 0 fully saturated rings. The Morgan fingerprint density at radius 2 is 2.19 bits per heavy atom. The van der Waals surface area contributed by atoms with Gasteiger partial charge in [0, 0.05) is 11.8 Å². The molecule has 86 valence electrons. The Labute approximate surface area is 92.4 Å². The molecule has 1 aromatic rings. The minimum atomic E-state index is -0.443. The van der Waals surface area contributed by atoms with Gasteiger partial charge < -0.3 is 4.74 Å². The second kappa shape index (κ2) is 4.09. The van der Waals surface area contributed by atoms with Gasteiger partial charge in [-0.1, -0.05) is 13.0 Å². The Morgan fingerprint density at radius 1 is 1.44 bits per heavy atom. The molecule has 1 aromatic heterocycles. The average molecular weight is 222 g/mol. The van der Waals surface area contributed by atoms with Crippen molar-refractivity contribution in [3.63, 3.8) is 0 Å². The second-order valence-corrected chi connectivity index (χ2v) is 3.84. The van der Waals surface area contributed by atoms with Gasteiger partial charge in [0.2, 0.25) is 0 Å². The van der Waals surface area contributed by atoms with E-state index in [-0.39, 0.29) is 11.7 Å². The van der Waals surface area contributed by atoms with E-state index in [9.17, 15) is 9.59 Å².